The quantitative estimate of drug-likeness (QED) is 0.188. The average Bonchev–Trinajstić information content (AvgIpc) is 2.75. The van der Waals surface area contributed by atoms with Gasteiger partial charge in [0.05, 0.1) is 43.0 Å². The van der Waals surface area contributed by atoms with Crippen molar-refractivity contribution in [3.05, 3.63) is 31.2 Å². The Morgan fingerprint density at radius 1 is 0.846 bits per heavy atom. The van der Waals surface area contributed by atoms with E-state index >= 15 is 0 Å². The van der Waals surface area contributed by atoms with Crippen LogP contribution in [0.1, 0.15) is 27.6 Å². The fourth-order valence-electron chi connectivity index (χ4n) is 1.74. The third-order valence-corrected chi connectivity index (χ3v) is 7.47. The van der Waals surface area contributed by atoms with Crippen LogP contribution in [0.3, 0.4) is 0 Å². The van der Waals surface area contributed by atoms with Crippen LogP contribution in [0.4, 0.5) is 0 Å². The van der Waals surface area contributed by atoms with Gasteiger partial charge in [0.25, 0.3) is 11.8 Å². The molecule has 1 aromatic carbocycles. The highest BCUT2D eigenvalue weighted by atomic mass is 35.5. The molecule has 1 atom stereocenters. The van der Waals surface area contributed by atoms with Crippen molar-refractivity contribution in [3.63, 3.8) is 0 Å². The monoisotopic (exact) mass is 487 g/mol. The number of imide groups is 1. The van der Waals surface area contributed by atoms with E-state index in [1.165, 1.54) is 0 Å². The Balaban J connectivity index is 0.000000276. The van der Waals surface area contributed by atoms with Gasteiger partial charge in [0, 0.05) is 0 Å². The van der Waals surface area contributed by atoms with Crippen LogP contribution in [-0.4, -0.2) is 43.2 Å². The molecule has 0 saturated carbocycles. The zero-order valence-electron chi connectivity index (χ0n) is 12.6. The molecule has 15 heteroatoms. The summed E-state index contributed by atoms with van der Waals surface area (Å²) in [5.41, 5.74) is -1.34. The van der Waals surface area contributed by atoms with Gasteiger partial charge in [0.1, 0.15) is 0 Å². The van der Waals surface area contributed by atoms with Crippen molar-refractivity contribution in [2.45, 2.75) is 12.6 Å². The molecule has 1 aliphatic heterocycles. The number of fused-ring (bicyclic) bond motifs is 1. The Kier molecular flexibility index (Phi) is 7.76. The smallest absolute Gasteiger partial charge is 0.324 e. The highest BCUT2D eigenvalue weighted by Crippen LogP contribution is 2.48. The van der Waals surface area contributed by atoms with E-state index in [4.69, 9.17) is 66.0 Å². The summed E-state index contributed by atoms with van der Waals surface area (Å²) in [6.07, 6.45) is -0.780. The van der Waals surface area contributed by atoms with Gasteiger partial charge in [-0.05, 0) is 0 Å². The van der Waals surface area contributed by atoms with Crippen LogP contribution in [0, 0.1) is 0 Å². The number of hydrogen-bond donors (Lipinski definition) is 5. The minimum atomic E-state index is -4.35. The van der Waals surface area contributed by atoms with Crippen LogP contribution < -0.4 is 5.32 Å². The number of carbonyl (C=O) groups excluding carboxylic acids is 2. The first kappa shape index (κ1) is 23.9. The second-order valence-electron chi connectivity index (χ2n) is 5.07. The van der Waals surface area contributed by atoms with E-state index in [1.807, 2.05) is 0 Å². The average molecular weight is 489 g/mol. The van der Waals surface area contributed by atoms with Gasteiger partial charge in [0.2, 0.25) is 0 Å². The summed E-state index contributed by atoms with van der Waals surface area (Å²) in [6.45, 7) is 1.10. The van der Waals surface area contributed by atoms with Crippen molar-refractivity contribution >= 4 is 73.4 Å². The normalized spacial score (nSPS) is 15.1. The van der Waals surface area contributed by atoms with Gasteiger partial charge in [-0.3, -0.25) is 24.0 Å². The van der Waals surface area contributed by atoms with Crippen molar-refractivity contribution < 1.29 is 38.3 Å². The van der Waals surface area contributed by atoms with E-state index in [0.29, 0.717) is 0 Å². The van der Waals surface area contributed by atoms with Crippen molar-refractivity contribution in [2.75, 3.05) is 6.16 Å². The molecule has 0 spiro atoms. The number of amides is 2. The SMILES string of the molecule is CC(CP(=O)(O)O)P(=O)(O)O.O=C1NC(=O)c2c(Cl)c(Cl)c(Cl)c(Cl)c21. The standard InChI is InChI=1S/C8HCl4NO2.C3H10O6P2/c9-3-1-2(8(15)13-7(1)14)4(10)6(12)5(3)11;1-3(11(7,8)9)2-10(4,5)6/h(H,13,14,15);3H,2H2,1H3,(H2,4,5,6)(H2,7,8,9). The van der Waals surface area contributed by atoms with Crippen LogP contribution in [-0.2, 0) is 9.13 Å². The molecule has 5 N–H and O–H groups in total. The maximum atomic E-state index is 11.3. The molecule has 9 nitrogen and oxygen atoms in total. The zero-order chi connectivity index (χ0) is 20.6. The lowest BCUT2D eigenvalue weighted by Gasteiger charge is -2.13. The van der Waals surface area contributed by atoms with Gasteiger partial charge in [0.15, 0.2) is 0 Å². The van der Waals surface area contributed by atoms with Crippen molar-refractivity contribution in [3.8, 4) is 0 Å². The fraction of sp³-hybridized carbons (Fsp3) is 0.273. The number of nitrogens with one attached hydrogen (secondary N) is 1. The van der Waals surface area contributed by atoms with Crippen LogP contribution in [0.15, 0.2) is 0 Å². The van der Waals surface area contributed by atoms with E-state index < -0.39 is 38.8 Å². The summed E-state index contributed by atoms with van der Waals surface area (Å²) in [7, 11) is -8.66. The minimum absolute atomic E-state index is 0.0268. The van der Waals surface area contributed by atoms with E-state index in [1.54, 1.807) is 0 Å². The maximum Gasteiger partial charge on any atom is 0.328 e. The molecular formula is C11H11Cl4NO8P2. The van der Waals surface area contributed by atoms with E-state index in [9.17, 15) is 18.7 Å². The lowest BCUT2D eigenvalue weighted by Crippen LogP contribution is -2.20. The molecule has 2 amide bonds. The third-order valence-electron chi connectivity index (χ3n) is 3.02. The maximum absolute atomic E-state index is 11.3. The molecule has 1 aromatic rings. The predicted molar refractivity (Wildman–Crippen MR) is 96.7 cm³/mol. The van der Waals surface area contributed by atoms with Crippen LogP contribution in [0.5, 0.6) is 0 Å². The molecule has 0 fully saturated rings. The Labute approximate surface area is 166 Å². The first-order chi connectivity index (χ1) is 11.6. The van der Waals surface area contributed by atoms with E-state index in [-0.39, 0.29) is 31.2 Å². The van der Waals surface area contributed by atoms with Gasteiger partial charge in [-0.1, -0.05) is 53.3 Å². The molecule has 26 heavy (non-hydrogen) atoms. The van der Waals surface area contributed by atoms with Crippen molar-refractivity contribution in [1.29, 1.82) is 0 Å². The molecule has 2 rings (SSSR count). The van der Waals surface area contributed by atoms with Gasteiger partial charge >= 0.3 is 15.2 Å². The molecule has 1 unspecified atom stereocenters. The largest absolute Gasteiger partial charge is 0.328 e. The first-order valence-corrected chi connectivity index (χ1v) is 11.4. The van der Waals surface area contributed by atoms with Gasteiger partial charge < -0.3 is 19.6 Å². The molecule has 146 valence electrons. The second kappa shape index (κ2) is 8.45. The minimum Gasteiger partial charge on any atom is -0.324 e. The molecule has 0 radical (unpaired) electrons. The van der Waals surface area contributed by atoms with E-state index in [0.717, 1.165) is 6.92 Å². The molecular weight excluding hydrogens is 478 g/mol. The first-order valence-electron chi connectivity index (χ1n) is 6.39. The van der Waals surface area contributed by atoms with Crippen molar-refractivity contribution in [2.24, 2.45) is 0 Å². The summed E-state index contributed by atoms with van der Waals surface area (Å²) in [5, 5.41) is 1.85. The second-order valence-corrected chi connectivity index (χ2v) is 10.3. The van der Waals surface area contributed by atoms with E-state index in [2.05, 4.69) is 5.32 Å². The Hall–Kier alpha value is -0.180. The molecule has 1 aliphatic rings. The number of hydrogen-bond acceptors (Lipinski definition) is 4. The fourth-order valence-corrected chi connectivity index (χ4v) is 4.94. The number of halogens is 4. The number of carbonyl (C=O) groups is 2. The van der Waals surface area contributed by atoms with Crippen molar-refractivity contribution in [1.82, 2.24) is 5.32 Å². The number of rotatable bonds is 3. The Morgan fingerprint density at radius 2 is 1.19 bits per heavy atom. The molecule has 0 aromatic heterocycles. The molecule has 1 heterocycles. The Bertz CT molecular complexity index is 819. The summed E-state index contributed by atoms with van der Waals surface area (Å²) >= 11 is 23.1. The molecule has 0 saturated heterocycles. The number of benzene rings is 1. The van der Waals surface area contributed by atoms with Gasteiger partial charge in [-0.15, -0.1) is 0 Å². The molecule has 0 bridgehead atoms. The summed E-state index contributed by atoms with van der Waals surface area (Å²) in [5.74, 6) is -1.25. The molecule has 0 aliphatic carbocycles. The Morgan fingerprint density at radius 3 is 1.42 bits per heavy atom. The topological polar surface area (TPSA) is 161 Å². The predicted octanol–water partition coefficient (Wildman–Crippen LogP) is 2.91. The van der Waals surface area contributed by atoms with Gasteiger partial charge in [-0.2, -0.15) is 0 Å². The van der Waals surface area contributed by atoms with Crippen LogP contribution >= 0.6 is 61.6 Å². The lowest BCUT2D eigenvalue weighted by atomic mass is 10.1. The third kappa shape index (κ3) is 5.66. The zero-order valence-corrected chi connectivity index (χ0v) is 17.4. The highest BCUT2D eigenvalue weighted by molar-refractivity contribution is 7.56. The highest BCUT2D eigenvalue weighted by Gasteiger charge is 2.35. The van der Waals surface area contributed by atoms with Crippen LogP contribution in [0.25, 0.3) is 0 Å². The summed E-state index contributed by atoms with van der Waals surface area (Å²) < 4.78 is 20.6. The van der Waals surface area contributed by atoms with Gasteiger partial charge in [-0.25, -0.2) is 0 Å². The van der Waals surface area contributed by atoms with Crippen LogP contribution in [0.2, 0.25) is 20.1 Å². The summed E-state index contributed by atoms with van der Waals surface area (Å²) in [4.78, 5) is 56.1. The lowest BCUT2D eigenvalue weighted by molar-refractivity contribution is 0.0879. The summed E-state index contributed by atoms with van der Waals surface area (Å²) in [6, 6.07) is 0.